The number of hydroxylamine groups is 2. The molecule has 1 saturated heterocycles. The van der Waals surface area contributed by atoms with Gasteiger partial charge < -0.3 is 9.32 Å². The number of nitrogens with one attached hydrogen (secondary N) is 1. The van der Waals surface area contributed by atoms with Gasteiger partial charge in [0.15, 0.2) is 0 Å². The Bertz CT molecular complexity index is 713. The Balaban J connectivity index is 1.49. The van der Waals surface area contributed by atoms with Crippen LogP contribution in [0, 0.1) is 17.3 Å². The van der Waals surface area contributed by atoms with Crippen LogP contribution < -0.4 is 5.32 Å². The molecule has 0 aromatic carbocycles. The third-order valence-corrected chi connectivity index (χ3v) is 5.91. The Hall–Kier alpha value is -2.42. The summed E-state index contributed by atoms with van der Waals surface area (Å²) in [4.78, 5) is 42.4. The molecule has 0 bridgehead atoms. The number of nitrogens with zero attached hydrogens (tertiary/aromatic N) is 3. The van der Waals surface area contributed by atoms with E-state index in [9.17, 15) is 19.6 Å². The zero-order chi connectivity index (χ0) is 19.0. The first-order chi connectivity index (χ1) is 13.0. The van der Waals surface area contributed by atoms with Gasteiger partial charge in [-0.15, -0.1) is 0 Å². The van der Waals surface area contributed by atoms with E-state index in [4.69, 9.17) is 4.42 Å². The molecule has 1 aliphatic heterocycles. The van der Waals surface area contributed by atoms with Crippen LogP contribution in [0.25, 0.3) is 0 Å². The smallest absolute Gasteiger partial charge is 0.301 e. The molecule has 3 aliphatic rings. The summed E-state index contributed by atoms with van der Waals surface area (Å²) in [5.41, 5.74) is 0.0297. The van der Waals surface area contributed by atoms with Crippen molar-refractivity contribution in [3.05, 3.63) is 12.5 Å². The fourth-order valence-electron chi connectivity index (χ4n) is 4.05. The van der Waals surface area contributed by atoms with Crippen molar-refractivity contribution < 1.29 is 24.0 Å². The summed E-state index contributed by atoms with van der Waals surface area (Å²) < 4.78 is 5.08. The summed E-state index contributed by atoms with van der Waals surface area (Å²) in [6, 6.07) is -0.474. The molecule has 1 aromatic heterocycles. The van der Waals surface area contributed by atoms with E-state index in [1.54, 1.807) is 4.90 Å². The zero-order valence-electron chi connectivity index (χ0n) is 15.0. The number of likely N-dealkylation sites (tertiary alicyclic amines) is 1. The second-order valence-electron chi connectivity index (χ2n) is 8.12. The number of rotatable bonds is 8. The summed E-state index contributed by atoms with van der Waals surface area (Å²) in [5, 5.41) is 12.8. The minimum absolute atomic E-state index is 0.0297. The fraction of sp³-hybridized carbons (Fsp3) is 0.667. The number of amides is 3. The van der Waals surface area contributed by atoms with Crippen LogP contribution in [0.1, 0.15) is 38.5 Å². The van der Waals surface area contributed by atoms with Crippen LogP contribution >= 0.6 is 0 Å². The van der Waals surface area contributed by atoms with Crippen LogP contribution in [0.2, 0.25) is 0 Å². The Kier molecular flexibility index (Phi) is 4.63. The van der Waals surface area contributed by atoms with E-state index in [0.717, 1.165) is 25.7 Å². The second-order valence-corrected chi connectivity index (χ2v) is 8.12. The van der Waals surface area contributed by atoms with Crippen LogP contribution in [0.4, 0.5) is 6.01 Å². The number of aromatic nitrogens is 1. The molecule has 2 aliphatic carbocycles. The van der Waals surface area contributed by atoms with E-state index in [0.29, 0.717) is 36.8 Å². The van der Waals surface area contributed by atoms with Crippen LogP contribution in [-0.4, -0.2) is 57.5 Å². The minimum atomic E-state index is -0.586. The zero-order valence-corrected chi connectivity index (χ0v) is 15.0. The molecule has 4 rings (SSSR count). The fourth-order valence-corrected chi connectivity index (χ4v) is 4.05. The normalized spacial score (nSPS) is 23.9. The van der Waals surface area contributed by atoms with E-state index in [2.05, 4.69) is 10.3 Å². The third kappa shape index (κ3) is 3.97. The quantitative estimate of drug-likeness (QED) is 0.401. The van der Waals surface area contributed by atoms with Gasteiger partial charge in [-0.3, -0.25) is 24.9 Å². The average molecular weight is 376 g/mol. The number of hydrogen-bond acceptors (Lipinski definition) is 6. The van der Waals surface area contributed by atoms with Crippen molar-refractivity contribution in [2.75, 3.05) is 18.4 Å². The number of carbonyl (C=O) groups excluding carboxylic acids is 3. The van der Waals surface area contributed by atoms with Crippen molar-refractivity contribution in [1.29, 1.82) is 0 Å². The largest absolute Gasteiger partial charge is 0.432 e. The Morgan fingerprint density at radius 2 is 2.26 bits per heavy atom. The Morgan fingerprint density at radius 3 is 2.85 bits per heavy atom. The highest BCUT2D eigenvalue weighted by Crippen LogP contribution is 2.55. The van der Waals surface area contributed by atoms with Crippen molar-refractivity contribution in [3.63, 3.8) is 0 Å². The lowest BCUT2D eigenvalue weighted by molar-refractivity contribution is -0.158. The summed E-state index contributed by atoms with van der Waals surface area (Å²) in [6.07, 6.45) is 8.52. The molecule has 0 radical (unpaired) electrons. The first-order valence-corrected chi connectivity index (χ1v) is 9.41. The Labute approximate surface area is 156 Å². The van der Waals surface area contributed by atoms with Gasteiger partial charge in [0.25, 0.3) is 5.91 Å². The highest BCUT2D eigenvalue weighted by atomic mass is 16.5. The van der Waals surface area contributed by atoms with E-state index in [1.165, 1.54) is 12.5 Å². The van der Waals surface area contributed by atoms with Crippen molar-refractivity contribution in [3.8, 4) is 0 Å². The first-order valence-electron chi connectivity index (χ1n) is 9.41. The first kappa shape index (κ1) is 18.0. The van der Waals surface area contributed by atoms with E-state index >= 15 is 0 Å². The molecule has 2 saturated carbocycles. The highest BCUT2D eigenvalue weighted by molar-refractivity contribution is 5.96. The minimum Gasteiger partial charge on any atom is -0.432 e. The van der Waals surface area contributed by atoms with Gasteiger partial charge in [-0.25, -0.2) is 10.0 Å². The number of carbonyl (C=O) groups is 3. The molecule has 146 valence electrons. The van der Waals surface area contributed by atoms with Gasteiger partial charge in [0, 0.05) is 6.54 Å². The number of anilines is 1. The maximum absolute atomic E-state index is 13.2. The molecule has 2 atom stereocenters. The van der Waals surface area contributed by atoms with E-state index < -0.39 is 12.0 Å². The van der Waals surface area contributed by atoms with Gasteiger partial charge in [0.05, 0.1) is 18.7 Å². The lowest BCUT2D eigenvalue weighted by atomic mass is 9.99. The van der Waals surface area contributed by atoms with Crippen molar-refractivity contribution in [2.45, 2.75) is 44.6 Å². The van der Waals surface area contributed by atoms with Crippen LogP contribution in [0.5, 0.6) is 0 Å². The van der Waals surface area contributed by atoms with Crippen molar-refractivity contribution in [2.24, 2.45) is 17.3 Å². The molecule has 27 heavy (non-hydrogen) atoms. The molecular formula is C18H24N4O5. The van der Waals surface area contributed by atoms with Gasteiger partial charge in [-0.2, -0.15) is 0 Å². The maximum atomic E-state index is 13.2. The summed E-state index contributed by atoms with van der Waals surface area (Å²) in [6.45, 7) is 0.500. The summed E-state index contributed by atoms with van der Waals surface area (Å²) in [5.74, 6) is -0.523. The molecule has 2 heterocycles. The predicted molar refractivity (Wildman–Crippen MR) is 92.3 cm³/mol. The second kappa shape index (κ2) is 6.95. The monoisotopic (exact) mass is 376 g/mol. The number of oxazole rings is 1. The van der Waals surface area contributed by atoms with Gasteiger partial charge in [0.2, 0.25) is 12.3 Å². The summed E-state index contributed by atoms with van der Waals surface area (Å²) in [7, 11) is 0. The topological polar surface area (TPSA) is 116 Å². The average Bonchev–Trinajstić information content (AvgIpc) is 3.52. The lowest BCUT2D eigenvalue weighted by Gasteiger charge is -2.29. The SMILES string of the molecule is O=CN(O)CC(CC1CC1)C(=O)N1CC2(CC2)CC1C(=O)Nc1ncco1. The third-order valence-electron chi connectivity index (χ3n) is 5.91. The van der Waals surface area contributed by atoms with Crippen molar-refractivity contribution >= 4 is 24.2 Å². The molecule has 3 amide bonds. The molecule has 9 heteroatoms. The Morgan fingerprint density at radius 1 is 1.48 bits per heavy atom. The summed E-state index contributed by atoms with van der Waals surface area (Å²) >= 11 is 0. The highest BCUT2D eigenvalue weighted by Gasteiger charge is 2.56. The molecule has 3 fully saturated rings. The predicted octanol–water partition coefficient (Wildman–Crippen LogP) is 1.26. The van der Waals surface area contributed by atoms with Crippen LogP contribution in [-0.2, 0) is 14.4 Å². The molecule has 2 unspecified atom stereocenters. The van der Waals surface area contributed by atoms with Crippen molar-refractivity contribution in [1.82, 2.24) is 14.9 Å². The molecule has 1 aromatic rings. The van der Waals surface area contributed by atoms with E-state index in [1.807, 2.05) is 0 Å². The van der Waals surface area contributed by atoms with Gasteiger partial charge in [-0.05, 0) is 37.0 Å². The van der Waals surface area contributed by atoms with Crippen LogP contribution in [0.3, 0.4) is 0 Å². The molecule has 2 N–H and O–H groups in total. The molecular weight excluding hydrogens is 352 g/mol. The van der Waals surface area contributed by atoms with Crippen LogP contribution in [0.15, 0.2) is 16.9 Å². The van der Waals surface area contributed by atoms with Gasteiger partial charge >= 0.3 is 6.01 Å². The van der Waals surface area contributed by atoms with Gasteiger partial charge in [0.1, 0.15) is 12.3 Å². The number of hydrogen-bond donors (Lipinski definition) is 2. The lowest BCUT2D eigenvalue weighted by Crippen LogP contribution is -2.47. The van der Waals surface area contributed by atoms with Gasteiger partial charge in [-0.1, -0.05) is 12.8 Å². The molecule has 9 nitrogen and oxygen atoms in total. The maximum Gasteiger partial charge on any atom is 0.301 e. The van der Waals surface area contributed by atoms with E-state index in [-0.39, 0.29) is 29.8 Å². The standard InChI is InChI=1S/C18H24N4O5/c23-11-21(26)9-13(7-12-1-2-12)16(25)22-10-18(3-4-18)8-14(22)15(24)20-17-19-5-6-27-17/h5-6,11-14,26H,1-4,7-10H2,(H,19,20,24). The molecule has 1 spiro atoms.